The van der Waals surface area contributed by atoms with E-state index in [1.54, 1.807) is 0 Å². The van der Waals surface area contributed by atoms with Crippen LogP contribution in [0, 0.1) is 0 Å². The molecule has 1 N–H and O–H groups in total. The zero-order valence-electron chi connectivity index (χ0n) is 11.3. The van der Waals surface area contributed by atoms with Crippen LogP contribution in [0.3, 0.4) is 0 Å². The maximum atomic E-state index is 10.6. The molecule has 19 heavy (non-hydrogen) atoms. The number of unbranched alkanes of at least 4 members (excludes halogenated alkanes) is 9. The third-order valence-corrected chi connectivity index (χ3v) is 3.45. The van der Waals surface area contributed by atoms with Gasteiger partial charge in [0.2, 0.25) is 0 Å². The van der Waals surface area contributed by atoms with Gasteiger partial charge < -0.3 is 0 Å². The molecule has 0 atom stereocenters. The van der Waals surface area contributed by atoms with E-state index in [-0.39, 0.29) is 36.2 Å². The van der Waals surface area contributed by atoms with Gasteiger partial charge in [-0.3, -0.25) is 0 Å². The summed E-state index contributed by atoms with van der Waals surface area (Å²) in [6, 6.07) is 0. The Hall–Kier alpha value is 0.830. The average Bonchev–Trinajstić information content (AvgIpc) is 2.36. The Labute approximate surface area is 139 Å². The van der Waals surface area contributed by atoms with Gasteiger partial charge in [0.15, 0.2) is 0 Å². The first-order valence-corrected chi connectivity index (χ1v) is 8.18. The fraction of sp³-hybridized carbons (Fsp3) is 1.00. The molecule has 0 saturated carbocycles. The Bertz CT molecular complexity index is 269. The summed E-state index contributed by atoms with van der Waals surface area (Å²) in [4.78, 5) is 0. The van der Waals surface area contributed by atoms with Gasteiger partial charge >= 0.3 is 40.0 Å². The van der Waals surface area contributed by atoms with Crippen LogP contribution in [0.5, 0.6) is 0 Å². The normalized spacial score (nSPS) is 11.3. The molecule has 0 aliphatic heterocycles. The second-order valence-electron chi connectivity index (χ2n) is 4.49. The molecular weight excluding hydrogens is 279 g/mol. The first-order chi connectivity index (χ1) is 8.62. The monoisotopic (exact) mass is 306 g/mol. The summed E-state index contributed by atoms with van der Waals surface area (Å²) in [7, 11) is -4.17. The van der Waals surface area contributed by atoms with E-state index >= 15 is 0 Å². The summed E-state index contributed by atoms with van der Waals surface area (Å²) in [5.41, 5.74) is 0. The Morgan fingerprint density at radius 2 is 1.26 bits per heavy atom. The molecule has 0 heterocycles. The van der Waals surface area contributed by atoms with E-state index in [4.69, 9.17) is 5.26 Å². The van der Waals surface area contributed by atoms with Crippen LogP contribution in [-0.2, 0) is 18.9 Å². The number of hydrogen-bond acceptors (Lipinski definition) is 5. The van der Waals surface area contributed by atoms with Crippen molar-refractivity contribution in [3.8, 4) is 0 Å². The standard InChI is InChI=1S/C12H26O5S.Na.H/c1-2-3-4-5-6-7-8-9-10-11-12-16-18(14,15)17-13;;/h13H,2-12H2,1H3;;. The summed E-state index contributed by atoms with van der Waals surface area (Å²) in [5, 5.41) is 7.94. The Kier molecular flexibility index (Phi) is 17.7. The molecule has 5 nitrogen and oxygen atoms in total. The molecule has 0 aliphatic rings. The van der Waals surface area contributed by atoms with Crippen molar-refractivity contribution < 1.29 is 22.2 Å². The van der Waals surface area contributed by atoms with Gasteiger partial charge in [-0.25, -0.2) is 9.44 Å². The van der Waals surface area contributed by atoms with Crippen LogP contribution >= 0.6 is 0 Å². The van der Waals surface area contributed by atoms with E-state index in [1.165, 1.54) is 44.9 Å². The van der Waals surface area contributed by atoms with E-state index in [9.17, 15) is 8.42 Å². The Balaban J connectivity index is 0. The third-order valence-electron chi connectivity index (χ3n) is 2.82. The van der Waals surface area contributed by atoms with Gasteiger partial charge in [-0.15, -0.1) is 0 Å². The predicted molar refractivity (Wildman–Crippen MR) is 77.6 cm³/mol. The van der Waals surface area contributed by atoms with Crippen LogP contribution in [0.25, 0.3) is 0 Å². The number of rotatable bonds is 13. The van der Waals surface area contributed by atoms with Gasteiger partial charge in [-0.05, 0) is 6.42 Å². The summed E-state index contributed by atoms with van der Waals surface area (Å²) in [6.45, 7) is 2.28. The summed E-state index contributed by atoms with van der Waals surface area (Å²) in [6.07, 6.45) is 11.7. The minimum atomic E-state index is -4.17. The second kappa shape index (κ2) is 15.2. The zero-order chi connectivity index (χ0) is 13.7. The van der Waals surface area contributed by atoms with Gasteiger partial charge in [-0.1, -0.05) is 69.0 Å². The first kappa shape index (κ1) is 22.1. The van der Waals surface area contributed by atoms with Crippen LogP contribution in [0.4, 0.5) is 0 Å². The van der Waals surface area contributed by atoms with Gasteiger partial charge in [0.25, 0.3) is 0 Å². The summed E-state index contributed by atoms with van der Waals surface area (Å²) < 4.78 is 28.7. The van der Waals surface area contributed by atoms with Crippen molar-refractivity contribution in [2.24, 2.45) is 0 Å². The van der Waals surface area contributed by atoms with Gasteiger partial charge in [0.1, 0.15) is 0 Å². The third kappa shape index (κ3) is 16.8. The molecule has 0 rings (SSSR count). The fourth-order valence-electron chi connectivity index (χ4n) is 1.77. The molecule has 0 aromatic carbocycles. The molecule has 0 aromatic rings. The quantitative estimate of drug-likeness (QED) is 0.245. The van der Waals surface area contributed by atoms with Crippen LogP contribution in [0.1, 0.15) is 71.1 Å². The zero-order valence-corrected chi connectivity index (χ0v) is 12.1. The van der Waals surface area contributed by atoms with E-state index in [1.807, 2.05) is 0 Å². The summed E-state index contributed by atoms with van der Waals surface area (Å²) >= 11 is 0. The van der Waals surface area contributed by atoms with Crippen LogP contribution in [0.15, 0.2) is 0 Å². The van der Waals surface area contributed by atoms with Gasteiger partial charge in [0.05, 0.1) is 6.61 Å². The van der Waals surface area contributed by atoms with Crippen molar-refractivity contribution in [2.45, 2.75) is 71.1 Å². The van der Waals surface area contributed by atoms with E-state index in [0.717, 1.165) is 12.8 Å². The fourth-order valence-corrected chi connectivity index (χ4v) is 2.14. The van der Waals surface area contributed by atoms with Crippen molar-refractivity contribution >= 4 is 40.0 Å². The average molecular weight is 306 g/mol. The van der Waals surface area contributed by atoms with E-state index in [2.05, 4.69) is 15.4 Å². The second-order valence-corrected chi connectivity index (χ2v) is 5.69. The van der Waals surface area contributed by atoms with Crippen molar-refractivity contribution in [3.05, 3.63) is 0 Å². The minimum absolute atomic E-state index is 0. The van der Waals surface area contributed by atoms with Crippen LogP contribution in [0.2, 0.25) is 0 Å². The van der Waals surface area contributed by atoms with Gasteiger partial charge in [0, 0.05) is 0 Å². The molecule has 7 heteroatoms. The van der Waals surface area contributed by atoms with Gasteiger partial charge in [-0.2, -0.15) is 8.42 Å². The Morgan fingerprint density at radius 3 is 1.68 bits per heavy atom. The van der Waals surface area contributed by atoms with Crippen molar-refractivity contribution in [2.75, 3.05) is 6.61 Å². The molecule has 0 spiro atoms. The predicted octanol–water partition coefficient (Wildman–Crippen LogP) is 3.01. The van der Waals surface area contributed by atoms with E-state index in [0.29, 0.717) is 6.42 Å². The molecule has 0 amide bonds. The maximum absolute atomic E-state index is 10.6. The van der Waals surface area contributed by atoms with Crippen molar-refractivity contribution in [3.63, 3.8) is 0 Å². The molecule has 112 valence electrons. The molecule has 0 bridgehead atoms. The topological polar surface area (TPSA) is 72.8 Å². The van der Waals surface area contributed by atoms with Crippen molar-refractivity contribution in [1.29, 1.82) is 0 Å². The van der Waals surface area contributed by atoms with Crippen molar-refractivity contribution in [1.82, 2.24) is 0 Å². The van der Waals surface area contributed by atoms with E-state index < -0.39 is 10.4 Å². The molecule has 0 radical (unpaired) electrons. The van der Waals surface area contributed by atoms with Crippen LogP contribution in [-0.4, -0.2) is 49.8 Å². The molecule has 0 aromatic heterocycles. The summed E-state index contributed by atoms with van der Waals surface area (Å²) in [5.74, 6) is 0. The molecule has 0 unspecified atom stereocenters. The Morgan fingerprint density at radius 1 is 0.842 bits per heavy atom. The molecular formula is C12H27NaO5S. The molecule has 0 fully saturated rings. The van der Waals surface area contributed by atoms with Crippen LogP contribution < -0.4 is 0 Å². The number of hydrogen-bond donors (Lipinski definition) is 1. The molecule has 0 saturated heterocycles. The molecule has 0 aliphatic carbocycles. The SMILES string of the molecule is CCCCCCCCCCCCOS(=O)(=O)OO.[NaH]. The first-order valence-electron chi connectivity index (χ1n) is 6.85.